The predicted octanol–water partition coefficient (Wildman–Crippen LogP) is 3.05. The number of imidazole rings is 1. The molecule has 0 aliphatic carbocycles. The van der Waals surface area contributed by atoms with Gasteiger partial charge in [-0.2, -0.15) is 0 Å². The van der Waals surface area contributed by atoms with Gasteiger partial charge in [0.15, 0.2) is 5.65 Å². The van der Waals surface area contributed by atoms with E-state index in [2.05, 4.69) is 29.6 Å². The Labute approximate surface area is 178 Å². The van der Waals surface area contributed by atoms with Crippen molar-refractivity contribution in [3.63, 3.8) is 0 Å². The molecule has 0 radical (unpaired) electrons. The smallest absolute Gasteiger partial charge is 0.261 e. The van der Waals surface area contributed by atoms with Gasteiger partial charge in [-0.15, -0.1) is 0 Å². The zero-order valence-electron chi connectivity index (χ0n) is 16.8. The molecule has 152 valence electrons. The third-order valence-electron chi connectivity index (χ3n) is 4.28. The number of benzene rings is 1. The lowest BCUT2D eigenvalue weighted by atomic mass is 10.1. The molecule has 0 fully saturated rings. The summed E-state index contributed by atoms with van der Waals surface area (Å²) in [5, 5.41) is 0.417. The molecule has 4 rings (SSSR count). The third kappa shape index (κ3) is 3.62. The van der Waals surface area contributed by atoms with E-state index < -0.39 is 15.8 Å². The Bertz CT molecular complexity index is 1450. The molecule has 3 aromatic heterocycles. The van der Waals surface area contributed by atoms with E-state index in [-0.39, 0.29) is 39.2 Å². The third-order valence-corrected chi connectivity index (χ3v) is 6.05. The van der Waals surface area contributed by atoms with Gasteiger partial charge < -0.3 is 4.98 Å². The predicted molar refractivity (Wildman–Crippen MR) is 111 cm³/mol. The van der Waals surface area contributed by atoms with Crippen LogP contribution < -0.4 is 4.72 Å². The molecule has 4 aromatic rings. The van der Waals surface area contributed by atoms with Crippen molar-refractivity contribution < 1.29 is 14.6 Å². The maximum absolute atomic E-state index is 13.2. The van der Waals surface area contributed by atoms with Gasteiger partial charge in [0, 0.05) is 11.2 Å². The summed E-state index contributed by atoms with van der Waals surface area (Å²) in [6, 6.07) is 4.02. The van der Waals surface area contributed by atoms with Crippen LogP contribution in [0.15, 0.2) is 48.0 Å². The summed E-state index contributed by atoms with van der Waals surface area (Å²) in [7, 11) is -4.14. The highest BCUT2D eigenvalue weighted by molar-refractivity contribution is 7.92. The van der Waals surface area contributed by atoms with Crippen molar-refractivity contribution in [2.45, 2.75) is 18.7 Å². The van der Waals surface area contributed by atoms with Crippen LogP contribution in [-0.4, -0.2) is 39.1 Å². The van der Waals surface area contributed by atoms with E-state index in [0.717, 1.165) is 0 Å². The molecule has 0 amide bonds. The van der Waals surface area contributed by atoms with Crippen LogP contribution in [0.5, 0.6) is 0 Å². The number of carbonyl (C=O) groups excluding carboxylic acids is 1. The number of nitrogens with zero attached hydrogens (tertiary/aromatic N) is 4. The number of anilines is 1. The van der Waals surface area contributed by atoms with Crippen LogP contribution >= 0.6 is 11.6 Å². The number of ketones is 1. The van der Waals surface area contributed by atoms with Gasteiger partial charge >= 0.3 is 0 Å². The molecule has 0 unspecified atom stereocenters. The van der Waals surface area contributed by atoms with Crippen molar-refractivity contribution >= 4 is 44.3 Å². The highest BCUT2D eigenvalue weighted by Gasteiger charge is 2.24. The molecule has 0 aliphatic rings. The van der Waals surface area contributed by atoms with Gasteiger partial charge in [-0.05, 0) is 49.2 Å². The van der Waals surface area contributed by atoms with Crippen LogP contribution in [-0.2, 0) is 10.0 Å². The quantitative estimate of drug-likeness (QED) is 0.453. The first-order chi connectivity index (χ1) is 14.7. The van der Waals surface area contributed by atoms with Crippen molar-refractivity contribution in [3.8, 4) is 0 Å². The Morgan fingerprint density at radius 1 is 1.17 bits per heavy atom. The van der Waals surface area contributed by atoms with Gasteiger partial charge in [-0.25, -0.2) is 23.4 Å². The van der Waals surface area contributed by atoms with Crippen LogP contribution in [0.25, 0.3) is 11.2 Å². The molecule has 30 heavy (non-hydrogen) atoms. The molecular weight excluding hydrogens is 428 g/mol. The number of hydrogen-bond donors (Lipinski definition) is 2. The van der Waals surface area contributed by atoms with E-state index in [9.17, 15) is 13.2 Å². The Kier molecular flexibility index (Phi) is 4.64. The molecule has 0 bridgehead atoms. The SMILES string of the molecule is [2H]c1c(C)cnc(C(=O)c2ncnc3nc[nH]c23)c1NS(=O)(=O)c1ccc(Cl)c(C)c1. The second kappa shape index (κ2) is 7.47. The number of hydrogen-bond acceptors (Lipinski definition) is 7. The molecule has 11 heteroatoms. The number of H-pyrrole nitrogens is 1. The molecule has 1 aromatic carbocycles. The molecule has 0 saturated heterocycles. The summed E-state index contributed by atoms with van der Waals surface area (Å²) in [6.45, 7) is 3.26. The van der Waals surface area contributed by atoms with Gasteiger partial charge in [-0.3, -0.25) is 14.5 Å². The zero-order chi connectivity index (χ0) is 22.3. The van der Waals surface area contributed by atoms with Gasteiger partial charge in [-0.1, -0.05) is 11.6 Å². The van der Waals surface area contributed by atoms with Crippen LogP contribution in [0.4, 0.5) is 5.69 Å². The van der Waals surface area contributed by atoms with E-state index in [1.807, 2.05) is 0 Å². The number of sulfonamides is 1. The number of aromatic nitrogens is 5. The standard InChI is InChI=1S/C19H15ClN6O3S/c1-10-5-14(26-30(28,29)12-3-4-13(20)11(2)6-12)15(21-7-10)18(27)16-17-19(24-8-22-16)25-9-23-17/h3-9,26H,1-2H3,(H,22,23,24,25)/i5D. The Morgan fingerprint density at radius 2 is 1.97 bits per heavy atom. The average molecular weight is 444 g/mol. The molecule has 0 saturated carbocycles. The molecule has 9 nitrogen and oxygen atoms in total. The topological polar surface area (TPSA) is 131 Å². The van der Waals surface area contributed by atoms with Gasteiger partial charge in [0.25, 0.3) is 10.0 Å². The first kappa shape index (κ1) is 18.6. The average Bonchev–Trinajstić information content (AvgIpc) is 3.22. The first-order valence-corrected chi connectivity index (χ1v) is 10.5. The summed E-state index contributed by atoms with van der Waals surface area (Å²) < 4.78 is 36.7. The lowest BCUT2D eigenvalue weighted by molar-refractivity contribution is 0.103. The highest BCUT2D eigenvalue weighted by atomic mass is 35.5. The van der Waals surface area contributed by atoms with E-state index >= 15 is 0 Å². The fraction of sp³-hybridized carbons (Fsp3) is 0.105. The minimum Gasteiger partial charge on any atom is -0.341 e. The second-order valence-corrected chi connectivity index (χ2v) is 8.55. The number of halogens is 1. The number of pyridine rings is 1. The first-order valence-electron chi connectivity index (χ1n) is 9.13. The van der Waals surface area contributed by atoms with Crippen molar-refractivity contribution in [1.82, 2.24) is 24.9 Å². The summed E-state index contributed by atoms with van der Waals surface area (Å²) in [4.78, 5) is 32.0. The normalized spacial score (nSPS) is 12.0. The lowest BCUT2D eigenvalue weighted by Gasteiger charge is -2.13. The zero-order valence-corrected chi connectivity index (χ0v) is 17.3. The van der Waals surface area contributed by atoms with E-state index in [1.165, 1.54) is 37.1 Å². The molecule has 0 aliphatic heterocycles. The number of rotatable bonds is 5. The van der Waals surface area contributed by atoms with Crippen molar-refractivity contribution in [2.24, 2.45) is 0 Å². The maximum Gasteiger partial charge on any atom is 0.261 e. The summed E-state index contributed by atoms with van der Waals surface area (Å²) in [6.07, 6.45) is 3.86. The Hall–Kier alpha value is -3.37. The van der Waals surface area contributed by atoms with Crippen molar-refractivity contribution in [1.29, 1.82) is 0 Å². The molecule has 3 heterocycles. The number of carbonyl (C=O) groups is 1. The monoisotopic (exact) mass is 443 g/mol. The van der Waals surface area contributed by atoms with Crippen LogP contribution in [0.2, 0.25) is 5.02 Å². The minimum absolute atomic E-state index is 0.0407. The lowest BCUT2D eigenvalue weighted by Crippen LogP contribution is -2.18. The van der Waals surface area contributed by atoms with E-state index in [4.69, 9.17) is 13.0 Å². The van der Waals surface area contributed by atoms with E-state index in [0.29, 0.717) is 16.1 Å². The van der Waals surface area contributed by atoms with Crippen molar-refractivity contribution in [2.75, 3.05) is 4.72 Å². The van der Waals surface area contributed by atoms with Crippen LogP contribution in [0, 0.1) is 13.8 Å². The van der Waals surface area contributed by atoms with Crippen LogP contribution in [0.1, 0.15) is 28.7 Å². The fourth-order valence-corrected chi connectivity index (χ4v) is 4.02. The minimum atomic E-state index is -4.14. The second-order valence-electron chi connectivity index (χ2n) is 6.46. The largest absolute Gasteiger partial charge is 0.341 e. The summed E-state index contributed by atoms with van der Waals surface area (Å²) >= 11 is 5.99. The number of nitrogens with one attached hydrogen (secondary N) is 2. The highest BCUT2D eigenvalue weighted by Crippen LogP contribution is 2.25. The van der Waals surface area contributed by atoms with Crippen LogP contribution in [0.3, 0.4) is 0 Å². The molecule has 0 spiro atoms. The summed E-state index contributed by atoms with van der Waals surface area (Å²) in [5.74, 6) is -0.685. The van der Waals surface area contributed by atoms with Gasteiger partial charge in [0.05, 0.1) is 18.3 Å². The molecule has 0 atom stereocenters. The number of fused-ring (bicyclic) bond motifs is 1. The van der Waals surface area contributed by atoms with Gasteiger partial charge in [0.2, 0.25) is 5.78 Å². The number of aryl methyl sites for hydroxylation is 2. The van der Waals surface area contributed by atoms with Crippen molar-refractivity contribution in [3.05, 3.63) is 70.6 Å². The maximum atomic E-state index is 13.2. The summed E-state index contributed by atoms with van der Waals surface area (Å²) in [5.41, 5.74) is 0.955. The molecular formula is C19H15ClN6O3S. The number of aromatic amines is 1. The Morgan fingerprint density at radius 3 is 2.73 bits per heavy atom. The Balaban J connectivity index is 1.83. The van der Waals surface area contributed by atoms with E-state index in [1.54, 1.807) is 13.8 Å². The fourth-order valence-electron chi connectivity index (χ4n) is 2.79. The van der Waals surface area contributed by atoms with Gasteiger partial charge in [0.1, 0.15) is 23.2 Å². The molecule has 2 N–H and O–H groups in total.